The van der Waals surface area contributed by atoms with Crippen LogP contribution in [0, 0.1) is 16.7 Å². The van der Waals surface area contributed by atoms with Crippen molar-refractivity contribution >= 4 is 0 Å². The Labute approximate surface area is 110 Å². The molecule has 0 spiro atoms. The highest BCUT2D eigenvalue weighted by Crippen LogP contribution is 2.53. The molecule has 0 aromatic rings. The minimum Gasteiger partial charge on any atom is -0.396 e. The van der Waals surface area contributed by atoms with Crippen molar-refractivity contribution in [1.82, 2.24) is 5.32 Å². The van der Waals surface area contributed by atoms with Gasteiger partial charge in [0.25, 0.3) is 0 Å². The molecule has 0 bridgehead atoms. The Balaban J connectivity index is 1.56. The second kappa shape index (κ2) is 4.46. The molecule has 2 N–H and O–H groups in total. The molecule has 3 aliphatic rings. The van der Waals surface area contributed by atoms with Crippen molar-refractivity contribution in [2.24, 2.45) is 16.7 Å². The van der Waals surface area contributed by atoms with Gasteiger partial charge in [-0.1, -0.05) is 13.8 Å². The summed E-state index contributed by atoms with van der Waals surface area (Å²) < 4.78 is 5.94. The molecule has 104 valence electrons. The standard InChI is InChI=1S/C15H27NO2/c1-14(2)12(11-4-3-9-18-13(11)14)16-10-15(5-6-15)7-8-17/h11-13,16-17H,3-10H2,1-2H3. The van der Waals surface area contributed by atoms with E-state index in [4.69, 9.17) is 9.84 Å². The lowest BCUT2D eigenvalue weighted by molar-refractivity contribution is -0.193. The molecule has 2 aliphatic carbocycles. The Hall–Kier alpha value is -0.120. The molecule has 3 fully saturated rings. The van der Waals surface area contributed by atoms with Crippen molar-refractivity contribution in [3.63, 3.8) is 0 Å². The molecular weight excluding hydrogens is 226 g/mol. The lowest BCUT2D eigenvalue weighted by Gasteiger charge is -2.60. The fraction of sp³-hybridized carbons (Fsp3) is 1.00. The average Bonchev–Trinajstić information content (AvgIpc) is 3.10. The van der Waals surface area contributed by atoms with Gasteiger partial charge in [-0.25, -0.2) is 0 Å². The Morgan fingerprint density at radius 1 is 1.33 bits per heavy atom. The Kier molecular flexibility index (Phi) is 3.20. The summed E-state index contributed by atoms with van der Waals surface area (Å²) in [6.45, 7) is 7.05. The summed E-state index contributed by atoms with van der Waals surface area (Å²) in [7, 11) is 0. The zero-order valence-electron chi connectivity index (χ0n) is 11.7. The summed E-state index contributed by atoms with van der Waals surface area (Å²) in [4.78, 5) is 0. The molecule has 3 nitrogen and oxygen atoms in total. The van der Waals surface area contributed by atoms with Gasteiger partial charge in [0, 0.05) is 37.1 Å². The van der Waals surface area contributed by atoms with E-state index in [2.05, 4.69) is 19.2 Å². The van der Waals surface area contributed by atoms with Crippen LogP contribution in [0.25, 0.3) is 0 Å². The highest BCUT2D eigenvalue weighted by atomic mass is 16.5. The molecule has 0 radical (unpaired) electrons. The maximum atomic E-state index is 9.12. The van der Waals surface area contributed by atoms with Crippen molar-refractivity contribution in [2.45, 2.75) is 58.1 Å². The van der Waals surface area contributed by atoms with E-state index in [0.717, 1.165) is 25.5 Å². The van der Waals surface area contributed by atoms with Gasteiger partial charge in [-0.2, -0.15) is 0 Å². The van der Waals surface area contributed by atoms with Gasteiger partial charge >= 0.3 is 0 Å². The first-order valence-electron chi connectivity index (χ1n) is 7.55. The Morgan fingerprint density at radius 3 is 2.78 bits per heavy atom. The topological polar surface area (TPSA) is 41.5 Å². The smallest absolute Gasteiger partial charge is 0.0684 e. The van der Waals surface area contributed by atoms with Crippen molar-refractivity contribution in [3.8, 4) is 0 Å². The highest BCUT2D eigenvalue weighted by molar-refractivity contribution is 5.11. The number of hydrogen-bond acceptors (Lipinski definition) is 3. The summed E-state index contributed by atoms with van der Waals surface area (Å²) >= 11 is 0. The summed E-state index contributed by atoms with van der Waals surface area (Å²) in [6, 6.07) is 0.610. The SMILES string of the molecule is CC1(C)C(NCC2(CCO)CC2)C2CCCOC21. The van der Waals surface area contributed by atoms with Gasteiger partial charge in [0.1, 0.15) is 0 Å². The third-order valence-corrected chi connectivity index (χ3v) is 5.63. The van der Waals surface area contributed by atoms with Crippen molar-refractivity contribution in [3.05, 3.63) is 0 Å². The predicted octanol–water partition coefficient (Wildman–Crippen LogP) is 1.94. The summed E-state index contributed by atoms with van der Waals surface area (Å²) in [6.07, 6.45) is 6.56. The zero-order valence-corrected chi connectivity index (χ0v) is 11.7. The van der Waals surface area contributed by atoms with Crippen LogP contribution in [-0.2, 0) is 4.74 Å². The molecule has 0 aromatic heterocycles. The normalized spacial score (nSPS) is 39.8. The van der Waals surface area contributed by atoms with Crippen LogP contribution in [0.4, 0.5) is 0 Å². The maximum absolute atomic E-state index is 9.12. The second-order valence-electron chi connectivity index (χ2n) is 7.25. The molecule has 0 amide bonds. The molecular formula is C15H27NO2. The van der Waals surface area contributed by atoms with E-state index in [0.29, 0.717) is 24.2 Å². The monoisotopic (exact) mass is 253 g/mol. The van der Waals surface area contributed by atoms with Crippen LogP contribution < -0.4 is 5.32 Å². The molecule has 18 heavy (non-hydrogen) atoms. The van der Waals surface area contributed by atoms with Gasteiger partial charge in [-0.05, 0) is 37.5 Å². The number of aliphatic hydroxyl groups excluding tert-OH is 1. The summed E-state index contributed by atoms with van der Waals surface area (Å²) in [5.41, 5.74) is 0.700. The van der Waals surface area contributed by atoms with Gasteiger partial charge < -0.3 is 15.2 Å². The number of aliphatic hydroxyl groups is 1. The summed E-state index contributed by atoms with van der Waals surface area (Å²) in [5.74, 6) is 0.721. The first kappa shape index (κ1) is 12.9. The van der Waals surface area contributed by atoms with Crippen LogP contribution in [0.3, 0.4) is 0 Å². The van der Waals surface area contributed by atoms with Gasteiger partial charge in [0.15, 0.2) is 0 Å². The van der Waals surface area contributed by atoms with E-state index >= 15 is 0 Å². The van der Waals surface area contributed by atoms with E-state index in [1.54, 1.807) is 0 Å². The molecule has 1 saturated heterocycles. The van der Waals surface area contributed by atoms with Crippen LogP contribution >= 0.6 is 0 Å². The molecule has 2 saturated carbocycles. The first-order valence-corrected chi connectivity index (χ1v) is 7.55. The van der Waals surface area contributed by atoms with E-state index < -0.39 is 0 Å². The quantitative estimate of drug-likeness (QED) is 0.787. The van der Waals surface area contributed by atoms with Crippen LogP contribution in [-0.4, -0.2) is 37.0 Å². The fourth-order valence-corrected chi connectivity index (χ4v) is 4.19. The maximum Gasteiger partial charge on any atom is 0.0684 e. The molecule has 0 aromatic carbocycles. The molecule has 3 rings (SSSR count). The first-order chi connectivity index (χ1) is 8.59. The molecule has 3 atom stereocenters. The van der Waals surface area contributed by atoms with Crippen molar-refractivity contribution in [1.29, 1.82) is 0 Å². The van der Waals surface area contributed by atoms with Crippen LogP contribution in [0.2, 0.25) is 0 Å². The fourth-order valence-electron chi connectivity index (χ4n) is 4.19. The van der Waals surface area contributed by atoms with E-state index in [1.165, 1.54) is 25.7 Å². The Bertz CT molecular complexity index is 312. The zero-order chi connectivity index (χ0) is 12.8. The number of ether oxygens (including phenoxy) is 1. The van der Waals surface area contributed by atoms with E-state index in [-0.39, 0.29) is 5.41 Å². The van der Waals surface area contributed by atoms with Crippen molar-refractivity contribution in [2.75, 3.05) is 19.8 Å². The van der Waals surface area contributed by atoms with Gasteiger partial charge in [-0.3, -0.25) is 0 Å². The lowest BCUT2D eigenvalue weighted by Crippen LogP contribution is -2.69. The Morgan fingerprint density at radius 2 is 2.11 bits per heavy atom. The number of fused-ring (bicyclic) bond motifs is 1. The molecule has 1 heterocycles. The minimum absolute atomic E-state index is 0.278. The number of nitrogens with one attached hydrogen (secondary N) is 1. The lowest BCUT2D eigenvalue weighted by atomic mass is 9.55. The number of rotatable bonds is 5. The third-order valence-electron chi connectivity index (χ3n) is 5.63. The third kappa shape index (κ3) is 2.00. The van der Waals surface area contributed by atoms with Gasteiger partial charge in [0.05, 0.1) is 6.10 Å². The minimum atomic E-state index is 0.278. The van der Waals surface area contributed by atoms with Gasteiger partial charge in [-0.15, -0.1) is 0 Å². The van der Waals surface area contributed by atoms with E-state index in [1.807, 2.05) is 0 Å². The highest BCUT2D eigenvalue weighted by Gasteiger charge is 2.58. The average molecular weight is 253 g/mol. The van der Waals surface area contributed by atoms with Crippen molar-refractivity contribution < 1.29 is 9.84 Å². The van der Waals surface area contributed by atoms with Crippen LogP contribution in [0.15, 0.2) is 0 Å². The van der Waals surface area contributed by atoms with Gasteiger partial charge in [0.2, 0.25) is 0 Å². The second-order valence-corrected chi connectivity index (χ2v) is 7.25. The number of hydrogen-bond donors (Lipinski definition) is 2. The van der Waals surface area contributed by atoms with Crippen LogP contribution in [0.5, 0.6) is 0 Å². The summed E-state index contributed by atoms with van der Waals surface area (Å²) in [5, 5.41) is 12.9. The van der Waals surface area contributed by atoms with Crippen LogP contribution in [0.1, 0.15) is 46.0 Å². The molecule has 1 aliphatic heterocycles. The largest absolute Gasteiger partial charge is 0.396 e. The molecule has 3 heteroatoms. The molecule has 3 unspecified atom stereocenters. The van der Waals surface area contributed by atoms with E-state index in [9.17, 15) is 0 Å². The predicted molar refractivity (Wildman–Crippen MR) is 71.4 cm³/mol.